The molecule has 0 N–H and O–H groups in total. The molecule has 1 saturated carbocycles. The van der Waals surface area contributed by atoms with Crippen LogP contribution in [0.1, 0.15) is 24.0 Å². The molecule has 1 aliphatic carbocycles. The zero-order chi connectivity index (χ0) is 14.2. The molecule has 1 fully saturated rings. The van der Waals surface area contributed by atoms with Crippen LogP contribution in [0, 0.1) is 5.82 Å². The van der Waals surface area contributed by atoms with E-state index >= 15 is 0 Å². The van der Waals surface area contributed by atoms with Gasteiger partial charge < -0.3 is 0 Å². The van der Waals surface area contributed by atoms with Gasteiger partial charge in [-0.2, -0.15) is 0 Å². The summed E-state index contributed by atoms with van der Waals surface area (Å²) >= 11 is 12.7. The summed E-state index contributed by atoms with van der Waals surface area (Å²) in [5.41, 5.74) is 1.75. The van der Waals surface area contributed by atoms with E-state index in [2.05, 4.69) is 12.1 Å². The van der Waals surface area contributed by atoms with Gasteiger partial charge in [0.1, 0.15) is 5.82 Å². The van der Waals surface area contributed by atoms with Gasteiger partial charge >= 0.3 is 0 Å². The summed E-state index contributed by atoms with van der Waals surface area (Å²) in [5.74, 6) is -0.271. The average molecular weight is 309 g/mol. The minimum atomic E-state index is -0.271. The van der Waals surface area contributed by atoms with Gasteiger partial charge in [0, 0.05) is 21.4 Å². The molecular formula is C17H15Cl2F. The van der Waals surface area contributed by atoms with Crippen LogP contribution in [0.4, 0.5) is 4.39 Å². The molecule has 0 heterocycles. The number of alkyl halides is 1. The monoisotopic (exact) mass is 308 g/mol. The summed E-state index contributed by atoms with van der Waals surface area (Å²) in [6.07, 6.45) is 2.57. The second-order valence-electron chi connectivity index (χ2n) is 5.39. The quantitative estimate of drug-likeness (QED) is 0.667. The Bertz CT molecular complexity index is 585. The fourth-order valence-corrected chi connectivity index (χ4v) is 3.53. The van der Waals surface area contributed by atoms with Gasteiger partial charge in [-0.3, -0.25) is 0 Å². The lowest BCUT2D eigenvalue weighted by Crippen LogP contribution is -2.23. The fourth-order valence-electron chi connectivity index (χ4n) is 2.79. The van der Waals surface area contributed by atoms with Crippen molar-refractivity contribution in [2.45, 2.75) is 30.1 Å². The highest BCUT2D eigenvalue weighted by Crippen LogP contribution is 2.53. The molecule has 1 unspecified atom stereocenters. The molecule has 0 spiro atoms. The van der Waals surface area contributed by atoms with Crippen LogP contribution in [-0.4, -0.2) is 5.38 Å². The predicted molar refractivity (Wildman–Crippen MR) is 82.1 cm³/mol. The van der Waals surface area contributed by atoms with Crippen LogP contribution in [0.15, 0.2) is 48.5 Å². The van der Waals surface area contributed by atoms with E-state index in [0.717, 1.165) is 12.8 Å². The van der Waals surface area contributed by atoms with Crippen LogP contribution in [0.25, 0.3) is 0 Å². The van der Waals surface area contributed by atoms with Gasteiger partial charge in [-0.05, 0) is 37.0 Å². The lowest BCUT2D eigenvalue weighted by Gasteiger charge is -2.22. The molecule has 0 aromatic heterocycles. The number of halogens is 3. The van der Waals surface area contributed by atoms with E-state index in [9.17, 15) is 4.39 Å². The van der Waals surface area contributed by atoms with Crippen LogP contribution >= 0.6 is 23.2 Å². The van der Waals surface area contributed by atoms with Gasteiger partial charge in [0.25, 0.3) is 0 Å². The zero-order valence-corrected chi connectivity index (χ0v) is 12.5. The third-order valence-electron chi connectivity index (χ3n) is 4.18. The molecule has 0 bridgehead atoms. The minimum Gasteiger partial charge on any atom is -0.207 e. The van der Waals surface area contributed by atoms with Gasteiger partial charge in [-0.15, -0.1) is 11.6 Å². The molecule has 0 radical (unpaired) electrons. The van der Waals surface area contributed by atoms with Crippen LogP contribution in [0.2, 0.25) is 5.02 Å². The Morgan fingerprint density at radius 3 is 2.35 bits per heavy atom. The molecular weight excluding hydrogens is 294 g/mol. The van der Waals surface area contributed by atoms with Crippen molar-refractivity contribution in [1.29, 1.82) is 0 Å². The van der Waals surface area contributed by atoms with Crippen molar-refractivity contribution < 1.29 is 4.39 Å². The highest BCUT2D eigenvalue weighted by atomic mass is 35.5. The normalized spacial score (nSPS) is 17.8. The maximum atomic E-state index is 13.9. The number of benzene rings is 2. The standard InChI is InChI=1S/C17H15Cl2F/c18-14-7-4-8-15(20)13(14)11-16(19)17(9-10-17)12-5-2-1-3-6-12/h1-8,16H,9-11H2. The molecule has 0 saturated heterocycles. The Hall–Kier alpha value is -1.05. The molecule has 0 nitrogen and oxygen atoms in total. The Morgan fingerprint density at radius 2 is 1.75 bits per heavy atom. The molecule has 104 valence electrons. The second kappa shape index (κ2) is 5.38. The largest absolute Gasteiger partial charge is 0.207 e. The maximum Gasteiger partial charge on any atom is 0.127 e. The van der Waals surface area contributed by atoms with Gasteiger partial charge in [-0.1, -0.05) is 48.0 Å². The summed E-state index contributed by atoms with van der Waals surface area (Å²) in [7, 11) is 0. The Morgan fingerprint density at radius 1 is 1.05 bits per heavy atom. The fraction of sp³-hybridized carbons (Fsp3) is 0.294. The summed E-state index contributed by atoms with van der Waals surface area (Å²) in [5, 5.41) is 0.318. The molecule has 1 atom stereocenters. The molecule has 3 rings (SSSR count). The molecule has 0 amide bonds. The number of rotatable bonds is 4. The second-order valence-corrected chi connectivity index (χ2v) is 6.33. The lowest BCUT2D eigenvalue weighted by atomic mass is 9.88. The Labute approximate surface area is 128 Å². The lowest BCUT2D eigenvalue weighted by molar-refractivity contribution is 0.579. The van der Waals surface area contributed by atoms with Gasteiger partial charge in [0.15, 0.2) is 0 Å². The van der Waals surface area contributed by atoms with E-state index in [1.807, 2.05) is 18.2 Å². The minimum absolute atomic E-state index is 0.0194. The topological polar surface area (TPSA) is 0 Å². The highest BCUT2D eigenvalue weighted by molar-refractivity contribution is 6.31. The molecule has 2 aromatic rings. The van der Waals surface area contributed by atoms with Crippen molar-refractivity contribution in [2.24, 2.45) is 0 Å². The van der Waals surface area contributed by atoms with Crippen LogP contribution in [0.3, 0.4) is 0 Å². The summed E-state index contributed by atoms with van der Waals surface area (Å²) in [4.78, 5) is 0. The molecule has 1 aliphatic rings. The molecule has 3 heteroatoms. The predicted octanol–water partition coefficient (Wildman–Crippen LogP) is 5.36. The molecule has 0 aliphatic heterocycles. The van der Waals surface area contributed by atoms with Crippen molar-refractivity contribution in [3.05, 3.63) is 70.5 Å². The first kappa shape index (κ1) is 13.9. The van der Waals surface area contributed by atoms with E-state index in [-0.39, 0.29) is 16.6 Å². The average Bonchev–Trinajstić information content (AvgIpc) is 3.25. The third-order valence-corrected chi connectivity index (χ3v) is 5.11. The highest BCUT2D eigenvalue weighted by Gasteiger charge is 2.50. The summed E-state index contributed by atoms with van der Waals surface area (Å²) < 4.78 is 13.9. The van der Waals surface area contributed by atoms with E-state index < -0.39 is 0 Å². The Balaban J connectivity index is 1.85. The molecule has 2 aromatic carbocycles. The van der Waals surface area contributed by atoms with Crippen LogP contribution in [0.5, 0.6) is 0 Å². The van der Waals surface area contributed by atoms with Crippen LogP contribution < -0.4 is 0 Å². The van der Waals surface area contributed by atoms with Crippen molar-refractivity contribution in [3.8, 4) is 0 Å². The first-order valence-electron chi connectivity index (χ1n) is 6.76. The number of hydrogen-bond acceptors (Lipinski definition) is 0. The summed E-state index contributed by atoms with van der Waals surface area (Å²) in [6.45, 7) is 0. The SMILES string of the molecule is Fc1cccc(Cl)c1CC(Cl)C1(c2ccccc2)CC1. The van der Waals surface area contributed by atoms with Crippen molar-refractivity contribution in [2.75, 3.05) is 0 Å². The van der Waals surface area contributed by atoms with E-state index in [1.165, 1.54) is 11.6 Å². The van der Waals surface area contributed by atoms with E-state index in [0.29, 0.717) is 17.0 Å². The Kier molecular flexibility index (Phi) is 3.74. The van der Waals surface area contributed by atoms with Gasteiger partial charge in [0.05, 0.1) is 0 Å². The summed E-state index contributed by atoms with van der Waals surface area (Å²) in [6, 6.07) is 15.0. The zero-order valence-electron chi connectivity index (χ0n) is 11.0. The first-order chi connectivity index (χ1) is 9.63. The van der Waals surface area contributed by atoms with Crippen molar-refractivity contribution in [1.82, 2.24) is 0 Å². The first-order valence-corrected chi connectivity index (χ1v) is 7.57. The van der Waals surface area contributed by atoms with E-state index in [1.54, 1.807) is 12.1 Å². The molecule has 20 heavy (non-hydrogen) atoms. The third kappa shape index (κ3) is 2.45. The van der Waals surface area contributed by atoms with Crippen molar-refractivity contribution >= 4 is 23.2 Å². The smallest absolute Gasteiger partial charge is 0.127 e. The van der Waals surface area contributed by atoms with Crippen LogP contribution in [-0.2, 0) is 11.8 Å². The van der Waals surface area contributed by atoms with Gasteiger partial charge in [-0.25, -0.2) is 4.39 Å². The maximum absolute atomic E-state index is 13.9. The van der Waals surface area contributed by atoms with Gasteiger partial charge in [0.2, 0.25) is 0 Å². The van der Waals surface area contributed by atoms with E-state index in [4.69, 9.17) is 23.2 Å². The number of hydrogen-bond donors (Lipinski definition) is 0. The van der Waals surface area contributed by atoms with Crippen molar-refractivity contribution in [3.63, 3.8) is 0 Å².